The molecule has 3 rings (SSSR count). The fraction of sp³-hybridized carbons (Fsp3) is 0.308. The topological polar surface area (TPSA) is 52.6 Å². The highest BCUT2D eigenvalue weighted by atomic mass is 16.5. The van der Waals surface area contributed by atoms with Crippen molar-refractivity contribution in [3.63, 3.8) is 0 Å². The Morgan fingerprint density at radius 2 is 1.83 bits per heavy atom. The highest BCUT2D eigenvalue weighted by Crippen LogP contribution is 2.51. The van der Waals surface area contributed by atoms with Crippen molar-refractivity contribution in [1.29, 1.82) is 0 Å². The van der Waals surface area contributed by atoms with Crippen molar-refractivity contribution in [2.24, 2.45) is 0 Å². The van der Waals surface area contributed by atoms with Gasteiger partial charge in [0.1, 0.15) is 11.5 Å². The van der Waals surface area contributed by atoms with Crippen molar-refractivity contribution in [1.82, 2.24) is 0 Å². The van der Waals surface area contributed by atoms with Crippen molar-refractivity contribution < 1.29 is 19.1 Å². The first kappa shape index (κ1) is 21.6. The molecule has 0 spiro atoms. The van der Waals surface area contributed by atoms with Gasteiger partial charge in [0.2, 0.25) is 0 Å². The van der Waals surface area contributed by atoms with Crippen molar-refractivity contribution >= 4 is 23.2 Å². The molecule has 30 heavy (non-hydrogen) atoms. The van der Waals surface area contributed by atoms with Gasteiger partial charge in [0.15, 0.2) is 12.1 Å². The van der Waals surface area contributed by atoms with Gasteiger partial charge in [0.25, 0.3) is 0 Å². The molecule has 0 saturated heterocycles. The second-order valence-corrected chi connectivity index (χ2v) is 7.56. The second kappa shape index (κ2) is 9.57. The first-order chi connectivity index (χ1) is 14.5. The average Bonchev–Trinajstić information content (AvgIpc) is 2.79. The van der Waals surface area contributed by atoms with Crippen LogP contribution in [0.4, 0.5) is 0 Å². The van der Waals surface area contributed by atoms with E-state index in [2.05, 4.69) is 31.7 Å². The number of benzene rings is 2. The summed E-state index contributed by atoms with van der Waals surface area (Å²) in [4.78, 5) is 22.0. The molecule has 1 aliphatic rings. The molecule has 0 radical (unpaired) electrons. The van der Waals surface area contributed by atoms with Crippen molar-refractivity contribution in [2.75, 3.05) is 14.2 Å². The number of carbonyl (C=O) groups excluding carboxylic acids is 2. The monoisotopic (exact) mass is 404 g/mol. The third-order valence-corrected chi connectivity index (χ3v) is 5.83. The molecule has 156 valence electrons. The number of ketones is 1. The molecule has 0 fully saturated rings. The number of hydrogen-bond acceptors (Lipinski definition) is 4. The minimum absolute atomic E-state index is 0.114. The lowest BCUT2D eigenvalue weighted by Crippen LogP contribution is -2.14. The number of methoxy groups -OCH3 is 2. The maximum atomic E-state index is 11.4. The van der Waals surface area contributed by atoms with Crippen LogP contribution in [0.2, 0.25) is 0 Å². The lowest BCUT2D eigenvalue weighted by Gasteiger charge is -2.33. The van der Waals surface area contributed by atoms with Crippen LogP contribution in [-0.2, 0) is 9.59 Å². The molecule has 2 aromatic rings. The number of unbranched alkanes of at least 4 members (excludes halogenated alkanes) is 1. The Kier molecular flexibility index (Phi) is 6.88. The number of hydrogen-bond donors (Lipinski definition) is 0. The summed E-state index contributed by atoms with van der Waals surface area (Å²) in [7, 11) is 3.31. The minimum Gasteiger partial charge on any atom is -0.497 e. The van der Waals surface area contributed by atoms with Gasteiger partial charge in [0.05, 0.1) is 14.2 Å². The second-order valence-electron chi connectivity index (χ2n) is 7.56. The largest absolute Gasteiger partial charge is 0.497 e. The van der Waals surface area contributed by atoms with Gasteiger partial charge in [0, 0.05) is 24.0 Å². The average molecular weight is 405 g/mol. The van der Waals surface area contributed by atoms with Gasteiger partial charge in [-0.3, -0.25) is 9.59 Å². The zero-order valence-corrected chi connectivity index (χ0v) is 17.9. The van der Waals surface area contributed by atoms with E-state index >= 15 is 0 Å². The van der Waals surface area contributed by atoms with Crippen LogP contribution >= 0.6 is 0 Å². The van der Waals surface area contributed by atoms with E-state index in [0.717, 1.165) is 52.2 Å². The first-order valence-corrected chi connectivity index (χ1v) is 10.2. The zero-order valence-electron chi connectivity index (χ0n) is 17.9. The van der Waals surface area contributed by atoms with Crippen LogP contribution in [-0.4, -0.2) is 26.3 Å². The molecule has 0 aromatic heterocycles. The van der Waals surface area contributed by atoms with Crippen molar-refractivity contribution in [3.8, 4) is 11.5 Å². The summed E-state index contributed by atoms with van der Waals surface area (Å²) >= 11 is 0. The molecule has 0 heterocycles. The Morgan fingerprint density at radius 1 is 1.10 bits per heavy atom. The Hall–Kier alpha value is -3.14. The number of allylic oxidation sites excluding steroid dienone is 3. The maximum absolute atomic E-state index is 11.4. The summed E-state index contributed by atoms with van der Waals surface area (Å²) in [6, 6.07) is 14.3. The molecule has 4 heteroatoms. The summed E-state index contributed by atoms with van der Waals surface area (Å²) in [6.07, 6.45) is 3.08. The molecule has 0 bridgehead atoms. The SMILES string of the molecule is C=C1C(C)=C(c2ccccc2)C(CCCCC(=O)C=O)c2cc(OC)cc(OC)c21. The predicted octanol–water partition coefficient (Wildman–Crippen LogP) is 5.62. The number of carbonyl (C=O) groups is 2. The van der Waals surface area contributed by atoms with Gasteiger partial charge < -0.3 is 9.47 Å². The van der Waals surface area contributed by atoms with Gasteiger partial charge in [-0.15, -0.1) is 0 Å². The van der Waals surface area contributed by atoms with Crippen LogP contribution in [0, 0.1) is 0 Å². The Bertz CT molecular complexity index is 986. The van der Waals surface area contributed by atoms with Crippen LogP contribution in [0.25, 0.3) is 11.1 Å². The molecule has 1 atom stereocenters. The van der Waals surface area contributed by atoms with E-state index in [0.29, 0.717) is 19.1 Å². The van der Waals surface area contributed by atoms with E-state index in [1.54, 1.807) is 14.2 Å². The van der Waals surface area contributed by atoms with Crippen LogP contribution in [0.1, 0.15) is 55.2 Å². The highest BCUT2D eigenvalue weighted by Gasteiger charge is 2.32. The Morgan fingerprint density at radius 3 is 2.47 bits per heavy atom. The molecule has 0 saturated carbocycles. The lowest BCUT2D eigenvalue weighted by atomic mass is 9.71. The number of rotatable bonds is 9. The van der Waals surface area contributed by atoms with E-state index in [1.807, 2.05) is 24.3 Å². The van der Waals surface area contributed by atoms with Gasteiger partial charge in [-0.25, -0.2) is 0 Å². The summed E-state index contributed by atoms with van der Waals surface area (Å²) < 4.78 is 11.2. The first-order valence-electron chi connectivity index (χ1n) is 10.2. The molecule has 0 aliphatic heterocycles. The third kappa shape index (κ3) is 4.23. The predicted molar refractivity (Wildman–Crippen MR) is 120 cm³/mol. The summed E-state index contributed by atoms with van der Waals surface area (Å²) in [5, 5.41) is 0. The van der Waals surface area contributed by atoms with Crippen LogP contribution in [0.5, 0.6) is 11.5 Å². The zero-order chi connectivity index (χ0) is 21.7. The molecular formula is C26H28O4. The fourth-order valence-electron chi connectivity index (χ4n) is 4.30. The number of aldehydes is 1. The third-order valence-electron chi connectivity index (χ3n) is 5.83. The molecule has 2 aromatic carbocycles. The van der Waals surface area contributed by atoms with Crippen molar-refractivity contribution in [2.45, 2.75) is 38.5 Å². The van der Waals surface area contributed by atoms with Crippen molar-refractivity contribution in [3.05, 3.63) is 71.3 Å². The standard InChI is InChI=1S/C26H28O4/c1-17-18(2)26-23(14-21(29-3)15-24(26)30-4)22(13-9-8-12-20(28)16-27)25(17)19-10-6-5-7-11-19/h5-7,10-11,14-16,22H,2,8-9,12-13H2,1,3-4H3. The van der Waals surface area contributed by atoms with E-state index in [9.17, 15) is 9.59 Å². The Balaban J connectivity index is 2.08. The highest BCUT2D eigenvalue weighted by molar-refractivity contribution is 6.24. The molecule has 0 N–H and O–H groups in total. The summed E-state index contributed by atoms with van der Waals surface area (Å²) in [6.45, 7) is 6.49. The molecule has 4 nitrogen and oxygen atoms in total. The minimum atomic E-state index is -0.342. The molecular weight excluding hydrogens is 376 g/mol. The van der Waals surface area contributed by atoms with E-state index in [1.165, 1.54) is 5.57 Å². The normalized spacial score (nSPS) is 15.6. The number of fused-ring (bicyclic) bond motifs is 1. The maximum Gasteiger partial charge on any atom is 0.195 e. The lowest BCUT2D eigenvalue weighted by molar-refractivity contribution is -0.129. The van der Waals surface area contributed by atoms with Gasteiger partial charge in [-0.2, -0.15) is 0 Å². The molecule has 1 unspecified atom stereocenters. The summed E-state index contributed by atoms with van der Waals surface area (Å²) in [5.74, 6) is 1.27. The van der Waals surface area contributed by atoms with Crippen LogP contribution in [0.3, 0.4) is 0 Å². The van der Waals surface area contributed by atoms with E-state index < -0.39 is 0 Å². The molecule has 0 amide bonds. The number of Topliss-reactive ketones (excluding diaryl/α,β-unsaturated/α-hetero) is 1. The summed E-state index contributed by atoms with van der Waals surface area (Å²) in [5.41, 5.74) is 6.65. The molecule has 1 aliphatic carbocycles. The number of ether oxygens (including phenoxy) is 2. The van der Waals surface area contributed by atoms with E-state index in [-0.39, 0.29) is 11.7 Å². The smallest absolute Gasteiger partial charge is 0.195 e. The van der Waals surface area contributed by atoms with Crippen LogP contribution in [0.15, 0.2) is 54.6 Å². The van der Waals surface area contributed by atoms with E-state index in [4.69, 9.17) is 9.47 Å². The Labute approximate surface area is 178 Å². The van der Waals surface area contributed by atoms with Gasteiger partial charge >= 0.3 is 0 Å². The fourth-order valence-corrected chi connectivity index (χ4v) is 4.30. The van der Waals surface area contributed by atoms with Gasteiger partial charge in [-0.1, -0.05) is 43.3 Å². The van der Waals surface area contributed by atoms with Gasteiger partial charge in [-0.05, 0) is 53.7 Å². The van der Waals surface area contributed by atoms with Crippen LogP contribution < -0.4 is 9.47 Å². The quantitative estimate of drug-likeness (QED) is 0.309.